The first kappa shape index (κ1) is 24.6. The van der Waals surface area contributed by atoms with Crippen molar-refractivity contribution in [1.29, 1.82) is 0 Å². The summed E-state index contributed by atoms with van der Waals surface area (Å²) in [5, 5.41) is 3.41. The van der Waals surface area contributed by atoms with Crippen molar-refractivity contribution in [2.24, 2.45) is 0 Å². The van der Waals surface area contributed by atoms with Gasteiger partial charge in [-0.05, 0) is 29.7 Å². The van der Waals surface area contributed by atoms with Gasteiger partial charge in [-0.25, -0.2) is 19.9 Å². The monoisotopic (exact) mass is 593 g/mol. The number of imidazole rings is 1. The summed E-state index contributed by atoms with van der Waals surface area (Å²) in [5.74, 6) is 1.35. The van der Waals surface area contributed by atoms with Gasteiger partial charge in [0.1, 0.15) is 0 Å². The molecule has 210 valence electrons. The number of aromatic nitrogens is 4. The third kappa shape index (κ3) is 3.51. The van der Waals surface area contributed by atoms with E-state index < -0.39 is 0 Å². The van der Waals surface area contributed by atoms with Crippen LogP contribution in [0, 0.1) is 0 Å². The summed E-state index contributed by atoms with van der Waals surface area (Å²) in [6, 6.07) is 48.9. The molecule has 0 atom stereocenters. The van der Waals surface area contributed by atoms with Crippen LogP contribution in [0.15, 0.2) is 140 Å². The van der Waals surface area contributed by atoms with Crippen molar-refractivity contribution in [3.63, 3.8) is 0 Å². The molecule has 1 aliphatic rings. The number of hydrogen-bond acceptors (Lipinski definition) is 5. The van der Waals surface area contributed by atoms with E-state index in [1.807, 2.05) is 6.07 Å². The van der Waals surface area contributed by atoms with E-state index in [0.717, 1.165) is 77.1 Å². The number of para-hydroxylation sites is 2. The number of rotatable bonds is 2. The lowest BCUT2D eigenvalue weighted by molar-refractivity contribution is 1.01. The highest BCUT2D eigenvalue weighted by Gasteiger charge is 2.32. The van der Waals surface area contributed by atoms with Crippen LogP contribution >= 0.6 is 11.3 Å². The molecular formula is C39H23N5S. The Hall–Kier alpha value is -5.85. The molecule has 5 nitrogen and oxygen atoms in total. The lowest BCUT2D eigenvalue weighted by atomic mass is 10.0. The first-order chi connectivity index (χ1) is 22.3. The van der Waals surface area contributed by atoms with E-state index in [2.05, 4.69) is 143 Å². The van der Waals surface area contributed by atoms with Crippen LogP contribution in [-0.4, -0.2) is 19.5 Å². The minimum Gasteiger partial charge on any atom is -0.277 e. The average Bonchev–Trinajstić information content (AvgIpc) is 3.64. The molecule has 9 aromatic rings. The van der Waals surface area contributed by atoms with E-state index in [4.69, 9.17) is 15.0 Å². The molecule has 0 radical (unpaired) electrons. The zero-order valence-electron chi connectivity index (χ0n) is 23.9. The Morgan fingerprint density at radius 3 is 2.07 bits per heavy atom. The second-order valence-corrected chi connectivity index (χ2v) is 12.3. The average molecular weight is 594 g/mol. The van der Waals surface area contributed by atoms with Crippen molar-refractivity contribution in [1.82, 2.24) is 19.5 Å². The predicted molar refractivity (Wildman–Crippen MR) is 186 cm³/mol. The topological polar surface area (TPSA) is 46.8 Å². The van der Waals surface area contributed by atoms with Crippen LogP contribution in [0.5, 0.6) is 0 Å². The van der Waals surface area contributed by atoms with Crippen molar-refractivity contribution in [3.8, 4) is 28.1 Å². The molecule has 45 heavy (non-hydrogen) atoms. The standard InChI is InChI=1S/C39H23N5S/c1-2-13-25(14-3-1)34-37-36(29-18-8-11-21-33(29)45-37)41-38(40-34)44-31-20-10-7-17-28(31)27-16-6-9-19-30(27)43-32-23-22-24-12-4-5-15-26(24)35(32)42-39(43)44/h1-23H. The van der Waals surface area contributed by atoms with Crippen LogP contribution in [0.3, 0.4) is 0 Å². The first-order valence-corrected chi connectivity index (χ1v) is 15.8. The van der Waals surface area contributed by atoms with Crippen molar-refractivity contribution in [2.75, 3.05) is 4.90 Å². The van der Waals surface area contributed by atoms with Gasteiger partial charge in [0, 0.05) is 32.2 Å². The van der Waals surface area contributed by atoms with Gasteiger partial charge < -0.3 is 0 Å². The molecule has 0 saturated carbocycles. The molecule has 0 unspecified atom stereocenters. The fourth-order valence-corrected chi connectivity index (χ4v) is 7.91. The summed E-state index contributed by atoms with van der Waals surface area (Å²) >= 11 is 1.74. The highest BCUT2D eigenvalue weighted by molar-refractivity contribution is 7.26. The van der Waals surface area contributed by atoms with Crippen molar-refractivity contribution < 1.29 is 0 Å². The number of nitrogens with zero attached hydrogens (tertiary/aromatic N) is 5. The number of fused-ring (bicyclic) bond motifs is 12. The Morgan fingerprint density at radius 2 is 1.20 bits per heavy atom. The maximum absolute atomic E-state index is 5.44. The first-order valence-electron chi connectivity index (χ1n) is 15.0. The summed E-state index contributed by atoms with van der Waals surface area (Å²) < 4.78 is 4.55. The summed E-state index contributed by atoms with van der Waals surface area (Å²) in [7, 11) is 0. The lowest BCUT2D eigenvalue weighted by Crippen LogP contribution is -2.17. The van der Waals surface area contributed by atoms with Gasteiger partial charge in [-0.2, -0.15) is 0 Å². The zero-order chi connectivity index (χ0) is 29.5. The Balaban J connectivity index is 1.37. The van der Waals surface area contributed by atoms with Crippen LogP contribution in [0.2, 0.25) is 0 Å². The van der Waals surface area contributed by atoms with Gasteiger partial charge >= 0.3 is 0 Å². The highest BCUT2D eigenvalue weighted by Crippen LogP contribution is 2.48. The van der Waals surface area contributed by atoms with Gasteiger partial charge in [-0.1, -0.05) is 115 Å². The summed E-state index contributed by atoms with van der Waals surface area (Å²) in [6.07, 6.45) is 0. The van der Waals surface area contributed by atoms with Gasteiger partial charge in [0.25, 0.3) is 0 Å². The van der Waals surface area contributed by atoms with Crippen LogP contribution < -0.4 is 4.90 Å². The molecule has 3 aromatic heterocycles. The van der Waals surface area contributed by atoms with E-state index in [0.29, 0.717) is 5.95 Å². The van der Waals surface area contributed by atoms with Crippen LogP contribution in [-0.2, 0) is 0 Å². The van der Waals surface area contributed by atoms with Crippen molar-refractivity contribution in [3.05, 3.63) is 140 Å². The number of benzene rings is 6. The van der Waals surface area contributed by atoms with E-state index in [1.54, 1.807) is 11.3 Å². The summed E-state index contributed by atoms with van der Waals surface area (Å²) in [4.78, 5) is 18.4. The smallest absolute Gasteiger partial charge is 0.238 e. The molecule has 0 bridgehead atoms. The molecule has 6 heteroatoms. The maximum Gasteiger partial charge on any atom is 0.238 e. The summed E-state index contributed by atoms with van der Waals surface area (Å²) in [6.45, 7) is 0. The molecule has 1 aliphatic heterocycles. The largest absolute Gasteiger partial charge is 0.277 e. The van der Waals surface area contributed by atoms with Gasteiger partial charge in [0.2, 0.25) is 11.9 Å². The lowest BCUT2D eigenvalue weighted by Gasteiger charge is -2.23. The Bertz CT molecular complexity index is 2620. The minimum absolute atomic E-state index is 0.589. The van der Waals surface area contributed by atoms with E-state index in [1.165, 1.54) is 4.70 Å². The van der Waals surface area contributed by atoms with Crippen molar-refractivity contribution in [2.45, 2.75) is 0 Å². The quantitative estimate of drug-likeness (QED) is 0.200. The number of anilines is 3. The van der Waals surface area contributed by atoms with Gasteiger partial charge in [0.05, 0.1) is 38.3 Å². The van der Waals surface area contributed by atoms with Gasteiger partial charge in [-0.15, -0.1) is 11.3 Å². The maximum atomic E-state index is 5.44. The number of thiophene rings is 1. The summed E-state index contributed by atoms with van der Waals surface area (Å²) in [5.41, 5.74) is 9.22. The molecule has 6 aromatic carbocycles. The molecule has 0 aliphatic carbocycles. The fourth-order valence-electron chi connectivity index (χ4n) is 6.76. The highest BCUT2D eigenvalue weighted by atomic mass is 32.1. The van der Waals surface area contributed by atoms with Gasteiger partial charge in [-0.3, -0.25) is 4.57 Å². The molecule has 4 heterocycles. The fraction of sp³-hybridized carbons (Fsp3) is 0. The molecule has 0 amide bonds. The molecular weight excluding hydrogens is 571 g/mol. The second-order valence-electron chi connectivity index (χ2n) is 11.3. The second kappa shape index (κ2) is 9.32. The number of hydrogen-bond donors (Lipinski definition) is 0. The van der Waals surface area contributed by atoms with E-state index >= 15 is 0 Å². The minimum atomic E-state index is 0.589. The van der Waals surface area contributed by atoms with Crippen LogP contribution in [0.25, 0.3) is 70.2 Å². The van der Waals surface area contributed by atoms with E-state index in [-0.39, 0.29) is 0 Å². The molecule has 0 fully saturated rings. The Kier molecular flexibility index (Phi) is 5.09. The molecule has 0 spiro atoms. The third-order valence-corrected chi connectivity index (χ3v) is 9.93. The normalized spacial score (nSPS) is 12.4. The third-order valence-electron chi connectivity index (χ3n) is 8.77. The SMILES string of the molecule is c1ccc(-c2nc(N3c4ccccc4-c4ccccc4-n4c3nc3c5ccccc5ccc34)nc3c2sc2ccccc23)cc1. The zero-order valence-corrected chi connectivity index (χ0v) is 24.7. The van der Waals surface area contributed by atoms with Crippen molar-refractivity contribution >= 4 is 71.0 Å². The van der Waals surface area contributed by atoms with Gasteiger partial charge in [0.15, 0.2) is 0 Å². The molecule has 10 rings (SSSR count). The predicted octanol–water partition coefficient (Wildman–Crippen LogP) is 10.5. The van der Waals surface area contributed by atoms with Crippen LogP contribution in [0.4, 0.5) is 17.6 Å². The Morgan fingerprint density at radius 1 is 0.511 bits per heavy atom. The molecule has 0 saturated heterocycles. The molecule has 0 N–H and O–H groups in total. The van der Waals surface area contributed by atoms with Crippen LogP contribution in [0.1, 0.15) is 0 Å². The Labute approximate surface area is 262 Å². The van der Waals surface area contributed by atoms with E-state index in [9.17, 15) is 0 Å².